The van der Waals surface area contributed by atoms with E-state index in [2.05, 4.69) is 10.2 Å². The Bertz CT molecular complexity index is 367. The van der Waals surface area contributed by atoms with Crippen LogP contribution in [0.4, 0.5) is 0 Å². The van der Waals surface area contributed by atoms with Crippen molar-refractivity contribution in [3.63, 3.8) is 0 Å². The Morgan fingerprint density at radius 3 is 2.46 bits per heavy atom. The number of benzene rings is 1. The smallest absolute Gasteiger partial charge is 0.144 e. The molecule has 0 bridgehead atoms. The summed E-state index contributed by atoms with van der Waals surface area (Å²) in [7, 11) is 0. The van der Waals surface area contributed by atoms with Crippen molar-refractivity contribution < 1.29 is 0 Å². The Morgan fingerprint density at radius 2 is 1.92 bits per heavy atom. The lowest BCUT2D eigenvalue weighted by Crippen LogP contribution is -1.91. The first-order chi connectivity index (χ1) is 6.25. The molecule has 2 rings (SSSR count). The van der Waals surface area contributed by atoms with Gasteiger partial charge in [-0.15, -0.1) is 5.11 Å². The van der Waals surface area contributed by atoms with Gasteiger partial charge in [0, 0.05) is 5.02 Å². The van der Waals surface area contributed by atoms with E-state index in [4.69, 9.17) is 17.3 Å². The van der Waals surface area contributed by atoms with Crippen molar-refractivity contribution in [3.05, 3.63) is 46.7 Å². The number of hydrogen-bond donors (Lipinski definition) is 1. The molecule has 1 aromatic rings. The molecule has 1 aliphatic rings. The summed E-state index contributed by atoms with van der Waals surface area (Å²) >= 11 is 5.75. The van der Waals surface area contributed by atoms with Crippen LogP contribution in [-0.4, -0.2) is 0 Å². The van der Waals surface area contributed by atoms with Gasteiger partial charge in [0.2, 0.25) is 0 Å². The fraction of sp³-hybridized carbons (Fsp3) is 0.111. The summed E-state index contributed by atoms with van der Waals surface area (Å²) < 4.78 is 0. The number of nitrogens with two attached hydrogens (primary N) is 1. The zero-order valence-corrected chi connectivity index (χ0v) is 7.57. The average molecular weight is 194 g/mol. The minimum atomic E-state index is -0.0442. The quantitative estimate of drug-likeness (QED) is 0.733. The molecule has 13 heavy (non-hydrogen) atoms. The maximum Gasteiger partial charge on any atom is 0.144 e. The predicted molar refractivity (Wildman–Crippen MR) is 51.3 cm³/mol. The molecule has 0 unspecified atom stereocenters. The molecule has 0 saturated carbocycles. The van der Waals surface area contributed by atoms with E-state index >= 15 is 0 Å². The van der Waals surface area contributed by atoms with Crippen LogP contribution >= 0.6 is 11.6 Å². The normalized spacial score (nSPS) is 20.4. The number of halogens is 1. The van der Waals surface area contributed by atoms with Crippen LogP contribution in [0.15, 0.2) is 46.4 Å². The van der Waals surface area contributed by atoms with Gasteiger partial charge in [0.15, 0.2) is 0 Å². The van der Waals surface area contributed by atoms with Crippen LogP contribution in [0.5, 0.6) is 0 Å². The Kier molecular flexibility index (Phi) is 2.02. The second kappa shape index (κ2) is 3.18. The first-order valence-electron chi connectivity index (χ1n) is 3.89. The molecule has 66 valence electrons. The van der Waals surface area contributed by atoms with Gasteiger partial charge >= 0.3 is 0 Å². The van der Waals surface area contributed by atoms with Crippen LogP contribution in [0.2, 0.25) is 5.02 Å². The first kappa shape index (κ1) is 8.26. The second-order valence-electron chi connectivity index (χ2n) is 2.80. The van der Waals surface area contributed by atoms with Crippen molar-refractivity contribution in [1.29, 1.82) is 0 Å². The summed E-state index contributed by atoms with van der Waals surface area (Å²) in [6.07, 6.45) is 1.81. The zero-order valence-electron chi connectivity index (χ0n) is 6.81. The Labute approximate surface area is 80.9 Å². The van der Waals surface area contributed by atoms with E-state index in [1.54, 1.807) is 0 Å². The summed E-state index contributed by atoms with van der Waals surface area (Å²) in [5.74, 6) is 0.472. The van der Waals surface area contributed by atoms with Gasteiger partial charge in [-0.05, 0) is 23.8 Å². The highest BCUT2D eigenvalue weighted by Crippen LogP contribution is 2.25. The second-order valence-corrected chi connectivity index (χ2v) is 3.24. The van der Waals surface area contributed by atoms with Gasteiger partial charge in [0.25, 0.3) is 0 Å². The van der Waals surface area contributed by atoms with Crippen LogP contribution in [0, 0.1) is 0 Å². The van der Waals surface area contributed by atoms with Gasteiger partial charge in [-0.25, -0.2) is 0 Å². The minimum Gasteiger partial charge on any atom is -0.382 e. The number of hydrogen-bond acceptors (Lipinski definition) is 3. The molecule has 4 heteroatoms. The van der Waals surface area contributed by atoms with Crippen LogP contribution in [0.3, 0.4) is 0 Å². The molecule has 0 fully saturated rings. The molecule has 1 atom stereocenters. The van der Waals surface area contributed by atoms with E-state index in [1.165, 1.54) is 0 Å². The van der Waals surface area contributed by atoms with Gasteiger partial charge in [0.1, 0.15) is 11.9 Å². The van der Waals surface area contributed by atoms with Gasteiger partial charge in [-0.3, -0.25) is 0 Å². The van der Waals surface area contributed by atoms with Gasteiger partial charge in [-0.2, -0.15) is 5.11 Å². The zero-order chi connectivity index (χ0) is 9.26. The fourth-order valence-corrected chi connectivity index (χ4v) is 1.31. The van der Waals surface area contributed by atoms with E-state index in [1.807, 2.05) is 30.3 Å². The van der Waals surface area contributed by atoms with Crippen LogP contribution in [0.25, 0.3) is 0 Å². The third kappa shape index (κ3) is 1.70. The van der Waals surface area contributed by atoms with E-state index < -0.39 is 0 Å². The SMILES string of the molecule is NC1=C[C@H](c2ccc(Cl)cc2)N=N1. The van der Waals surface area contributed by atoms with E-state index in [-0.39, 0.29) is 6.04 Å². The standard InChI is InChI=1S/C9H8ClN3/c10-7-3-1-6(2-4-7)8-5-9(11)13-12-8/h1-5,8H,11H2/t8-/m1/s1. The molecule has 1 aromatic carbocycles. The van der Waals surface area contributed by atoms with Crippen molar-refractivity contribution in [2.24, 2.45) is 16.0 Å². The highest BCUT2D eigenvalue weighted by molar-refractivity contribution is 6.30. The third-order valence-corrected chi connectivity index (χ3v) is 2.09. The maximum absolute atomic E-state index is 5.75. The monoisotopic (exact) mass is 193 g/mol. The van der Waals surface area contributed by atoms with Crippen molar-refractivity contribution >= 4 is 11.6 Å². The van der Waals surface area contributed by atoms with Crippen molar-refractivity contribution in [2.75, 3.05) is 0 Å². The topological polar surface area (TPSA) is 50.7 Å². The highest BCUT2D eigenvalue weighted by Gasteiger charge is 2.12. The molecule has 0 amide bonds. The Hall–Kier alpha value is -1.35. The molecule has 0 aliphatic carbocycles. The van der Waals surface area contributed by atoms with Crippen molar-refractivity contribution in [2.45, 2.75) is 6.04 Å². The lowest BCUT2D eigenvalue weighted by molar-refractivity contribution is 0.879. The summed E-state index contributed by atoms with van der Waals surface area (Å²) in [6.45, 7) is 0. The first-order valence-corrected chi connectivity index (χ1v) is 4.27. The van der Waals surface area contributed by atoms with Gasteiger partial charge in [-0.1, -0.05) is 23.7 Å². The molecule has 0 saturated heterocycles. The number of nitrogens with zero attached hydrogens (tertiary/aromatic N) is 2. The summed E-state index contributed by atoms with van der Waals surface area (Å²) in [5, 5.41) is 8.45. The van der Waals surface area contributed by atoms with Crippen LogP contribution in [-0.2, 0) is 0 Å². The van der Waals surface area contributed by atoms with Gasteiger partial charge < -0.3 is 5.73 Å². The van der Waals surface area contributed by atoms with Crippen LogP contribution in [0.1, 0.15) is 11.6 Å². The average Bonchev–Trinajstić information content (AvgIpc) is 2.53. The molecule has 1 heterocycles. The maximum atomic E-state index is 5.75. The van der Waals surface area contributed by atoms with E-state index in [9.17, 15) is 0 Å². The molecular formula is C9H8ClN3. The molecule has 1 aliphatic heterocycles. The predicted octanol–water partition coefficient (Wildman–Crippen LogP) is 2.65. The number of azo groups is 1. The van der Waals surface area contributed by atoms with E-state index in [0.717, 1.165) is 10.6 Å². The molecule has 0 radical (unpaired) electrons. The Morgan fingerprint density at radius 1 is 1.23 bits per heavy atom. The van der Waals surface area contributed by atoms with E-state index in [0.29, 0.717) is 5.82 Å². The molecule has 0 aromatic heterocycles. The van der Waals surface area contributed by atoms with Crippen molar-refractivity contribution in [3.8, 4) is 0 Å². The summed E-state index contributed by atoms with van der Waals surface area (Å²) in [6, 6.07) is 7.45. The lowest BCUT2D eigenvalue weighted by atomic mass is 10.1. The molecule has 3 nitrogen and oxygen atoms in total. The van der Waals surface area contributed by atoms with Crippen molar-refractivity contribution in [1.82, 2.24) is 0 Å². The lowest BCUT2D eigenvalue weighted by Gasteiger charge is -2.02. The largest absolute Gasteiger partial charge is 0.382 e. The highest BCUT2D eigenvalue weighted by atomic mass is 35.5. The molecule has 0 spiro atoms. The fourth-order valence-electron chi connectivity index (χ4n) is 1.18. The molecule has 2 N–H and O–H groups in total. The third-order valence-electron chi connectivity index (χ3n) is 1.84. The summed E-state index contributed by atoms with van der Waals surface area (Å²) in [4.78, 5) is 0. The Balaban J connectivity index is 2.28. The van der Waals surface area contributed by atoms with Crippen LogP contribution < -0.4 is 5.73 Å². The van der Waals surface area contributed by atoms with Gasteiger partial charge in [0.05, 0.1) is 0 Å². The minimum absolute atomic E-state index is 0.0442. The molecular weight excluding hydrogens is 186 g/mol. The summed E-state index contributed by atoms with van der Waals surface area (Å²) in [5.41, 5.74) is 6.52. The number of rotatable bonds is 1.